The minimum atomic E-state index is -6.41. The van der Waals surface area contributed by atoms with Crippen molar-refractivity contribution < 1.29 is 71.8 Å². The number of benzene rings is 1. The Labute approximate surface area is 282 Å². The summed E-state index contributed by atoms with van der Waals surface area (Å²) in [7, 11) is -4.50. The van der Waals surface area contributed by atoms with E-state index in [2.05, 4.69) is 4.98 Å². The lowest BCUT2D eigenvalue weighted by atomic mass is 9.80. The topological polar surface area (TPSA) is 149 Å². The minimum absolute atomic E-state index is 0.0172. The van der Waals surface area contributed by atoms with Crippen LogP contribution in [-0.2, 0) is 41.1 Å². The van der Waals surface area contributed by atoms with Gasteiger partial charge in [0.25, 0.3) is 0 Å². The molecule has 10 nitrogen and oxygen atoms in total. The van der Waals surface area contributed by atoms with Crippen LogP contribution in [0.5, 0.6) is 0 Å². The minimum Gasteiger partial charge on any atom is -0.475 e. The molecule has 0 radical (unpaired) electrons. The van der Waals surface area contributed by atoms with Gasteiger partial charge in [-0.05, 0) is 49.4 Å². The number of rotatable bonds is 6. The Bertz CT molecular complexity index is 1820. The van der Waals surface area contributed by atoms with Gasteiger partial charge >= 0.3 is 30.2 Å². The lowest BCUT2D eigenvalue weighted by Crippen LogP contribution is -2.56. The SMILES string of the molecule is N#CCCN1C(=O)CC[C@H]1C(=O)N1CCC2(S(=O)(=O)c3ccccc3)c3ccc(C(F)(C(F)(F)F)C(F)(F)F)nc3CCC12.O=C(O)C(F)(F)F. The average molecular weight is 761 g/mol. The Kier molecular flexibility index (Phi) is 10.5. The fourth-order valence-electron chi connectivity index (χ4n) is 6.72. The zero-order valence-electron chi connectivity index (χ0n) is 25.8. The number of carbonyl (C=O) groups is 3. The molecule has 5 rings (SSSR count). The molecule has 1 aromatic carbocycles. The first-order chi connectivity index (χ1) is 23.5. The van der Waals surface area contributed by atoms with Gasteiger partial charge in [-0.1, -0.05) is 24.3 Å². The zero-order chi connectivity index (χ0) is 38.4. The molecule has 1 N–H and O–H groups in total. The summed E-state index contributed by atoms with van der Waals surface area (Å²) in [6.45, 7) is -0.178. The van der Waals surface area contributed by atoms with E-state index in [9.17, 15) is 61.9 Å². The van der Waals surface area contributed by atoms with Crippen LogP contribution in [0.1, 0.15) is 49.1 Å². The molecule has 0 spiro atoms. The molecule has 2 unspecified atom stereocenters. The third-order valence-electron chi connectivity index (χ3n) is 8.99. The fourth-order valence-corrected chi connectivity index (χ4v) is 9.10. The van der Waals surface area contributed by atoms with E-state index < -0.39 is 74.1 Å². The van der Waals surface area contributed by atoms with Crippen LogP contribution >= 0.6 is 0 Å². The highest BCUT2D eigenvalue weighted by Gasteiger charge is 2.75. The number of aliphatic carboxylic acids is 1. The van der Waals surface area contributed by atoms with Gasteiger partial charge in [0.1, 0.15) is 10.8 Å². The Morgan fingerprint density at radius 2 is 1.53 bits per heavy atom. The number of hydrogen-bond acceptors (Lipinski definition) is 7. The van der Waals surface area contributed by atoms with Crippen LogP contribution in [0.25, 0.3) is 0 Å². The number of aryl methyl sites for hydroxylation is 1. The van der Waals surface area contributed by atoms with Gasteiger partial charge in [-0.3, -0.25) is 14.6 Å². The smallest absolute Gasteiger partial charge is 0.475 e. The van der Waals surface area contributed by atoms with Crippen LogP contribution in [0.2, 0.25) is 0 Å². The van der Waals surface area contributed by atoms with E-state index in [1.165, 1.54) is 34.1 Å². The van der Waals surface area contributed by atoms with Crippen molar-refractivity contribution in [3.8, 4) is 6.07 Å². The first kappa shape index (κ1) is 39.3. The van der Waals surface area contributed by atoms with Crippen molar-refractivity contribution in [1.29, 1.82) is 5.26 Å². The lowest BCUT2D eigenvalue weighted by molar-refractivity contribution is -0.350. The van der Waals surface area contributed by atoms with Crippen molar-refractivity contribution >= 4 is 27.6 Å². The van der Waals surface area contributed by atoms with E-state index in [1.807, 2.05) is 6.07 Å². The van der Waals surface area contributed by atoms with E-state index in [0.29, 0.717) is 0 Å². The van der Waals surface area contributed by atoms with Crippen LogP contribution in [0, 0.1) is 11.3 Å². The van der Waals surface area contributed by atoms with Crippen molar-refractivity contribution in [2.75, 3.05) is 13.1 Å². The summed E-state index contributed by atoms with van der Waals surface area (Å²) in [5, 5.41) is 16.1. The molecule has 0 bridgehead atoms. The molecule has 3 aliphatic rings. The molecule has 3 heterocycles. The highest BCUT2D eigenvalue weighted by Crippen LogP contribution is 2.56. The molecule has 1 aromatic heterocycles. The number of carboxylic acid groups (broad SMARTS) is 1. The van der Waals surface area contributed by atoms with Crippen molar-refractivity contribution in [3.05, 3.63) is 59.4 Å². The van der Waals surface area contributed by atoms with E-state index in [-0.39, 0.29) is 74.0 Å². The summed E-state index contributed by atoms with van der Waals surface area (Å²) in [6.07, 6.45) is -18.7. The number of fused-ring (bicyclic) bond motifs is 3. The Hall–Kier alpha value is -4.48. The highest BCUT2D eigenvalue weighted by molar-refractivity contribution is 7.92. The summed E-state index contributed by atoms with van der Waals surface area (Å²) in [5.41, 5.74) is -8.44. The molecule has 2 aliphatic heterocycles. The van der Waals surface area contributed by atoms with Gasteiger partial charge in [0.2, 0.25) is 11.8 Å². The average Bonchev–Trinajstić information content (AvgIpc) is 3.63. The predicted molar refractivity (Wildman–Crippen MR) is 152 cm³/mol. The number of carbonyl (C=O) groups excluding carboxylic acids is 2. The van der Waals surface area contributed by atoms with E-state index in [4.69, 9.17) is 15.2 Å². The van der Waals surface area contributed by atoms with Gasteiger partial charge in [0.15, 0.2) is 9.84 Å². The molecule has 2 saturated heterocycles. The number of aromatic nitrogens is 1. The van der Waals surface area contributed by atoms with Crippen molar-refractivity contribution in [2.24, 2.45) is 0 Å². The number of sulfone groups is 1. The van der Waals surface area contributed by atoms with Gasteiger partial charge in [-0.25, -0.2) is 17.6 Å². The van der Waals surface area contributed by atoms with Crippen molar-refractivity contribution in [1.82, 2.24) is 14.8 Å². The Balaban J connectivity index is 0.000000755. The molecule has 21 heteroatoms. The molecule has 51 heavy (non-hydrogen) atoms. The lowest BCUT2D eigenvalue weighted by Gasteiger charge is -2.43. The number of nitriles is 1. The summed E-state index contributed by atoms with van der Waals surface area (Å²) < 4.78 is 155. The summed E-state index contributed by atoms with van der Waals surface area (Å²) >= 11 is 0. The van der Waals surface area contributed by atoms with Crippen LogP contribution in [0.15, 0.2) is 47.4 Å². The van der Waals surface area contributed by atoms with Crippen LogP contribution < -0.4 is 0 Å². The van der Waals surface area contributed by atoms with Crippen LogP contribution in [0.4, 0.5) is 43.9 Å². The molecule has 0 saturated carbocycles. The molecule has 1 aliphatic carbocycles. The second kappa shape index (κ2) is 13.6. The summed E-state index contributed by atoms with van der Waals surface area (Å²) in [5.74, 6) is -3.68. The number of likely N-dealkylation sites (tertiary alicyclic amines) is 2. The van der Waals surface area contributed by atoms with Gasteiger partial charge in [0.05, 0.1) is 29.1 Å². The summed E-state index contributed by atoms with van der Waals surface area (Å²) in [4.78, 5) is 41.1. The molecule has 3 atom stereocenters. The quantitative estimate of drug-likeness (QED) is 0.399. The number of pyridine rings is 1. The zero-order valence-corrected chi connectivity index (χ0v) is 26.6. The fraction of sp³-hybridized carbons (Fsp3) is 0.500. The predicted octanol–water partition coefficient (Wildman–Crippen LogP) is 5.13. The maximum Gasteiger partial charge on any atom is 0.490 e. The Morgan fingerprint density at radius 3 is 2.06 bits per heavy atom. The number of hydrogen-bond donors (Lipinski definition) is 1. The number of carboxylic acids is 1. The van der Waals surface area contributed by atoms with Gasteiger partial charge in [-0.2, -0.15) is 44.8 Å². The molecular formula is C30H26F10N4O6S. The van der Waals surface area contributed by atoms with Gasteiger partial charge in [-0.15, -0.1) is 0 Å². The van der Waals surface area contributed by atoms with Crippen molar-refractivity contribution in [2.45, 2.75) is 84.4 Å². The van der Waals surface area contributed by atoms with Crippen LogP contribution in [0.3, 0.4) is 0 Å². The Morgan fingerprint density at radius 1 is 0.941 bits per heavy atom. The molecule has 2 amide bonds. The standard InChI is InChI=1S/C28H25F7N4O4S.C2HF3O2/c29-26(27(30,31)32,28(33,34)35)21-10-7-18-19(37-21)8-11-22-25(18,44(42,43)17-5-2-1-3-6-17)13-16-39(22)24(41)20-9-12-23(40)38(20)15-4-14-36;3-2(4,5)1(6)7/h1-3,5-7,10,20,22H,4,8-9,11-13,15-16H2;(H,6,7)/t20-,22?,25?;/m0./s1. The molecule has 278 valence electrons. The van der Waals surface area contributed by atoms with E-state index in [1.54, 1.807) is 6.07 Å². The summed E-state index contributed by atoms with van der Waals surface area (Å²) in [6, 6.07) is 7.71. The highest BCUT2D eigenvalue weighted by atomic mass is 32.2. The first-order valence-corrected chi connectivity index (χ1v) is 16.3. The van der Waals surface area contributed by atoms with Crippen LogP contribution in [-0.4, -0.2) is 89.8 Å². The number of halogens is 10. The monoisotopic (exact) mass is 760 g/mol. The van der Waals surface area contributed by atoms with Crippen molar-refractivity contribution in [3.63, 3.8) is 0 Å². The van der Waals surface area contributed by atoms with E-state index >= 15 is 0 Å². The van der Waals surface area contributed by atoms with Gasteiger partial charge in [0, 0.05) is 25.2 Å². The number of amides is 2. The van der Waals surface area contributed by atoms with Gasteiger partial charge < -0.3 is 14.9 Å². The number of alkyl halides is 10. The third-order valence-corrected chi connectivity index (χ3v) is 11.5. The molecule has 2 fully saturated rings. The molecule has 2 aromatic rings. The first-order valence-electron chi connectivity index (χ1n) is 14.9. The maximum absolute atomic E-state index is 14.9. The third kappa shape index (κ3) is 6.69. The largest absolute Gasteiger partial charge is 0.490 e. The number of nitrogens with zero attached hydrogens (tertiary/aromatic N) is 4. The second-order valence-corrected chi connectivity index (χ2v) is 13.9. The molecular weight excluding hydrogens is 734 g/mol. The van der Waals surface area contributed by atoms with E-state index in [0.717, 1.165) is 6.07 Å². The normalized spacial score (nSPS) is 22.4. The second-order valence-electron chi connectivity index (χ2n) is 11.7. The maximum atomic E-state index is 14.9.